The molecule has 1 fully saturated rings. The van der Waals surface area contributed by atoms with Gasteiger partial charge in [0.15, 0.2) is 5.76 Å². The van der Waals surface area contributed by atoms with Crippen molar-refractivity contribution in [3.63, 3.8) is 0 Å². The van der Waals surface area contributed by atoms with Crippen LogP contribution in [0.1, 0.15) is 34.7 Å². The van der Waals surface area contributed by atoms with Crippen LogP contribution >= 0.6 is 0 Å². The molecule has 0 bridgehead atoms. The Morgan fingerprint density at radius 3 is 2.65 bits per heavy atom. The molecule has 0 unspecified atom stereocenters. The summed E-state index contributed by atoms with van der Waals surface area (Å²) in [4.78, 5) is 24.7. The summed E-state index contributed by atoms with van der Waals surface area (Å²) < 4.78 is 5.52. The molecule has 0 aromatic carbocycles. The lowest BCUT2D eigenvalue weighted by Crippen LogP contribution is -2.38. The predicted octanol–water partition coefficient (Wildman–Crippen LogP) is -0.111. The van der Waals surface area contributed by atoms with E-state index in [4.69, 9.17) is 16.0 Å². The molecular weight excluding hydrogens is 260 g/mol. The predicted molar refractivity (Wildman–Crippen MR) is 72.3 cm³/mol. The number of rotatable bonds is 4. The lowest BCUT2D eigenvalue weighted by Gasteiger charge is -2.29. The van der Waals surface area contributed by atoms with Crippen LogP contribution in [0.25, 0.3) is 0 Å². The van der Waals surface area contributed by atoms with Gasteiger partial charge in [-0.05, 0) is 38.9 Å². The zero-order valence-electron chi connectivity index (χ0n) is 11.5. The summed E-state index contributed by atoms with van der Waals surface area (Å²) in [5.74, 6) is 5.39. The number of furan rings is 1. The monoisotopic (exact) mass is 280 g/mol. The fourth-order valence-corrected chi connectivity index (χ4v) is 2.51. The van der Waals surface area contributed by atoms with Crippen LogP contribution in [0.15, 0.2) is 10.5 Å². The number of nitrogens with one attached hydrogen (secondary N) is 1. The van der Waals surface area contributed by atoms with Gasteiger partial charge in [-0.1, -0.05) is 0 Å². The fourth-order valence-electron chi connectivity index (χ4n) is 2.51. The van der Waals surface area contributed by atoms with E-state index in [1.165, 1.54) is 0 Å². The molecule has 20 heavy (non-hydrogen) atoms. The Morgan fingerprint density at radius 2 is 2.10 bits per heavy atom. The fraction of sp³-hybridized carbons (Fsp3) is 0.538. The van der Waals surface area contributed by atoms with Crippen molar-refractivity contribution < 1.29 is 14.0 Å². The number of hydrogen-bond acceptors (Lipinski definition) is 5. The second kappa shape index (κ2) is 6.06. The number of carbonyl (C=O) groups is 2. The first-order valence-electron chi connectivity index (χ1n) is 6.63. The number of amides is 2. The van der Waals surface area contributed by atoms with E-state index >= 15 is 0 Å². The van der Waals surface area contributed by atoms with Gasteiger partial charge in [0.05, 0.1) is 6.54 Å². The Morgan fingerprint density at radius 1 is 1.45 bits per heavy atom. The SMILES string of the molecule is Cc1cc(CN2CCC(C(N)=O)CC2)oc1C(=O)NN. The van der Waals surface area contributed by atoms with Gasteiger partial charge in [0, 0.05) is 11.5 Å². The second-order valence-corrected chi connectivity index (χ2v) is 5.15. The molecule has 1 aliphatic heterocycles. The molecule has 5 N–H and O–H groups in total. The van der Waals surface area contributed by atoms with Gasteiger partial charge < -0.3 is 10.2 Å². The van der Waals surface area contributed by atoms with E-state index in [-0.39, 0.29) is 17.6 Å². The normalized spacial score (nSPS) is 17.1. The molecule has 2 rings (SSSR count). The van der Waals surface area contributed by atoms with Crippen LogP contribution in [-0.4, -0.2) is 29.8 Å². The van der Waals surface area contributed by atoms with Crippen LogP contribution in [0.3, 0.4) is 0 Å². The highest BCUT2D eigenvalue weighted by Crippen LogP contribution is 2.21. The largest absolute Gasteiger partial charge is 0.454 e. The maximum absolute atomic E-state index is 11.5. The number of aryl methyl sites for hydroxylation is 1. The third kappa shape index (κ3) is 3.17. The molecular formula is C13H20N4O3. The zero-order chi connectivity index (χ0) is 14.7. The van der Waals surface area contributed by atoms with Crippen molar-refractivity contribution >= 4 is 11.8 Å². The van der Waals surface area contributed by atoms with E-state index in [9.17, 15) is 9.59 Å². The molecule has 0 aliphatic carbocycles. The quantitative estimate of drug-likeness (QED) is 0.404. The maximum atomic E-state index is 11.5. The standard InChI is InChI=1S/C13H20N4O3/c1-8-6-10(20-11(8)13(19)16-15)7-17-4-2-9(3-5-17)12(14)18/h6,9H,2-5,7,15H2,1H3,(H2,14,18)(H,16,19). The number of hydrogen-bond donors (Lipinski definition) is 3. The average molecular weight is 280 g/mol. The van der Waals surface area contributed by atoms with Crippen LogP contribution in [0, 0.1) is 12.8 Å². The number of primary amides is 1. The number of nitrogens with two attached hydrogens (primary N) is 2. The van der Waals surface area contributed by atoms with E-state index in [0.717, 1.165) is 37.3 Å². The van der Waals surface area contributed by atoms with Gasteiger partial charge in [-0.25, -0.2) is 5.84 Å². The summed E-state index contributed by atoms with van der Waals surface area (Å²) in [6.45, 7) is 4.01. The van der Waals surface area contributed by atoms with Crippen molar-refractivity contribution in [3.05, 3.63) is 23.2 Å². The van der Waals surface area contributed by atoms with Crippen molar-refractivity contribution in [1.29, 1.82) is 0 Å². The van der Waals surface area contributed by atoms with Gasteiger partial charge in [0.2, 0.25) is 5.91 Å². The van der Waals surface area contributed by atoms with Crippen molar-refractivity contribution in [1.82, 2.24) is 10.3 Å². The van der Waals surface area contributed by atoms with Crippen LogP contribution < -0.4 is 17.0 Å². The third-order valence-electron chi connectivity index (χ3n) is 3.68. The molecule has 0 spiro atoms. The first kappa shape index (κ1) is 14.5. The zero-order valence-corrected chi connectivity index (χ0v) is 11.5. The van der Waals surface area contributed by atoms with E-state index in [1.54, 1.807) is 6.92 Å². The third-order valence-corrected chi connectivity index (χ3v) is 3.68. The molecule has 1 aromatic heterocycles. The summed E-state index contributed by atoms with van der Waals surface area (Å²) in [7, 11) is 0. The Balaban J connectivity index is 1.95. The van der Waals surface area contributed by atoms with Crippen LogP contribution in [-0.2, 0) is 11.3 Å². The smallest absolute Gasteiger partial charge is 0.301 e. The van der Waals surface area contributed by atoms with Crippen LogP contribution in [0.5, 0.6) is 0 Å². The van der Waals surface area contributed by atoms with Gasteiger partial charge >= 0.3 is 5.91 Å². The maximum Gasteiger partial charge on any atom is 0.301 e. The van der Waals surface area contributed by atoms with Crippen LogP contribution in [0.4, 0.5) is 0 Å². The molecule has 7 heteroatoms. The molecule has 0 saturated carbocycles. The molecule has 1 aliphatic rings. The number of hydrazine groups is 1. The highest BCUT2D eigenvalue weighted by atomic mass is 16.4. The minimum atomic E-state index is -0.429. The number of likely N-dealkylation sites (tertiary alicyclic amines) is 1. The van der Waals surface area contributed by atoms with E-state index in [2.05, 4.69) is 10.3 Å². The lowest BCUT2D eigenvalue weighted by atomic mass is 9.96. The molecule has 2 amide bonds. The highest BCUT2D eigenvalue weighted by molar-refractivity contribution is 5.92. The topological polar surface area (TPSA) is 115 Å². The first-order chi connectivity index (χ1) is 9.51. The summed E-state index contributed by atoms with van der Waals surface area (Å²) in [6, 6.07) is 1.84. The highest BCUT2D eigenvalue weighted by Gasteiger charge is 2.24. The van der Waals surface area contributed by atoms with Crippen molar-refractivity contribution in [2.24, 2.45) is 17.5 Å². The minimum Gasteiger partial charge on any atom is -0.454 e. The molecule has 1 aromatic rings. The number of nitrogen functional groups attached to an aromatic ring is 1. The summed E-state index contributed by atoms with van der Waals surface area (Å²) in [5.41, 5.74) is 8.12. The molecule has 2 heterocycles. The van der Waals surface area contributed by atoms with Gasteiger partial charge in [0.25, 0.3) is 0 Å². The minimum absolute atomic E-state index is 0.0248. The van der Waals surface area contributed by atoms with E-state index in [0.29, 0.717) is 6.54 Å². The average Bonchev–Trinajstić information content (AvgIpc) is 2.79. The van der Waals surface area contributed by atoms with E-state index in [1.807, 2.05) is 6.07 Å². The lowest BCUT2D eigenvalue weighted by molar-refractivity contribution is -0.123. The van der Waals surface area contributed by atoms with Crippen molar-refractivity contribution in [2.75, 3.05) is 13.1 Å². The Bertz CT molecular complexity index is 504. The van der Waals surface area contributed by atoms with E-state index < -0.39 is 5.91 Å². The number of nitrogens with zero attached hydrogens (tertiary/aromatic N) is 1. The molecule has 1 saturated heterocycles. The van der Waals surface area contributed by atoms with Crippen molar-refractivity contribution in [2.45, 2.75) is 26.3 Å². The molecule has 7 nitrogen and oxygen atoms in total. The first-order valence-corrected chi connectivity index (χ1v) is 6.63. The Labute approximate surface area is 117 Å². The molecule has 110 valence electrons. The Hall–Kier alpha value is -1.86. The van der Waals surface area contributed by atoms with Gasteiger partial charge in [-0.15, -0.1) is 0 Å². The van der Waals surface area contributed by atoms with Crippen LogP contribution in [0.2, 0.25) is 0 Å². The van der Waals surface area contributed by atoms with Gasteiger partial charge in [-0.2, -0.15) is 0 Å². The van der Waals surface area contributed by atoms with Crippen molar-refractivity contribution in [3.8, 4) is 0 Å². The number of piperidine rings is 1. The summed E-state index contributed by atoms with van der Waals surface area (Å²) in [5, 5.41) is 0. The van der Waals surface area contributed by atoms with Gasteiger partial charge in [-0.3, -0.25) is 19.9 Å². The van der Waals surface area contributed by atoms with Gasteiger partial charge in [0.1, 0.15) is 5.76 Å². The number of carbonyl (C=O) groups excluding carboxylic acids is 2. The Kier molecular flexibility index (Phi) is 4.41. The molecule has 0 atom stereocenters. The molecule has 0 radical (unpaired) electrons. The summed E-state index contributed by atoms with van der Waals surface area (Å²) >= 11 is 0. The second-order valence-electron chi connectivity index (χ2n) is 5.15. The summed E-state index contributed by atoms with van der Waals surface area (Å²) in [6.07, 6.45) is 1.54.